The Kier molecular flexibility index (Phi) is 7.72. The predicted molar refractivity (Wildman–Crippen MR) is 94.5 cm³/mol. The largest absolute Gasteiger partial charge is 0.394 e. The Hall–Kier alpha value is -2.01. The van der Waals surface area contributed by atoms with E-state index in [4.69, 9.17) is 14.7 Å². The molecule has 4 N–H and O–H groups in total. The van der Waals surface area contributed by atoms with E-state index < -0.39 is 42.8 Å². The Morgan fingerprint density at radius 3 is 2.52 bits per heavy atom. The van der Waals surface area contributed by atoms with Crippen molar-refractivity contribution in [1.82, 2.24) is 9.55 Å². The molecular formula is C17H27N3O7. The average molecular weight is 385 g/mol. The maximum atomic E-state index is 12.2. The normalized spacial score (nSPS) is 25.0. The summed E-state index contributed by atoms with van der Waals surface area (Å²) >= 11 is 0. The van der Waals surface area contributed by atoms with E-state index in [2.05, 4.69) is 10.5 Å². The molecular weight excluding hydrogens is 358 g/mol. The molecule has 10 nitrogen and oxygen atoms in total. The maximum absolute atomic E-state index is 12.2. The lowest BCUT2D eigenvalue weighted by Gasteiger charge is -2.18. The second kappa shape index (κ2) is 9.79. The molecule has 0 aliphatic carbocycles. The number of aromatic nitrogens is 2. The Labute approximate surface area is 156 Å². The van der Waals surface area contributed by atoms with Gasteiger partial charge in [-0.05, 0) is 12.8 Å². The molecule has 1 aromatic heterocycles. The number of carbonyl (C=O) groups is 1. The highest BCUT2D eigenvalue weighted by molar-refractivity contribution is 5.73. The van der Waals surface area contributed by atoms with Gasteiger partial charge < -0.3 is 24.9 Å². The molecule has 0 aromatic carbocycles. The number of hydrogen-bond donors (Lipinski definition) is 4. The van der Waals surface area contributed by atoms with Gasteiger partial charge in [0.25, 0.3) is 0 Å². The van der Waals surface area contributed by atoms with E-state index in [9.17, 15) is 19.8 Å². The molecule has 2 heterocycles. The van der Waals surface area contributed by atoms with E-state index in [0.29, 0.717) is 12.8 Å². The van der Waals surface area contributed by atoms with Crippen LogP contribution in [0.3, 0.4) is 0 Å². The molecule has 0 amide bonds. The number of nitrogens with zero attached hydrogens (tertiary/aromatic N) is 2. The molecule has 0 spiro atoms. The molecule has 152 valence electrons. The van der Waals surface area contributed by atoms with Crippen LogP contribution in [0.25, 0.3) is 0 Å². The fourth-order valence-electron chi connectivity index (χ4n) is 3.04. The Bertz CT molecular complexity index is 675. The van der Waals surface area contributed by atoms with Crippen molar-refractivity contribution in [1.29, 1.82) is 0 Å². The lowest BCUT2D eigenvalue weighted by molar-refractivity contribution is -0.146. The van der Waals surface area contributed by atoms with Gasteiger partial charge in [-0.25, -0.2) is 15.1 Å². The first-order valence-corrected chi connectivity index (χ1v) is 9.11. The minimum absolute atomic E-state index is 0.0306. The summed E-state index contributed by atoms with van der Waals surface area (Å²) in [5.74, 6) is -0.594. The smallest absolute Gasteiger partial charge is 0.351 e. The van der Waals surface area contributed by atoms with Gasteiger partial charge in [0.15, 0.2) is 12.0 Å². The Balaban J connectivity index is 2.02. The van der Waals surface area contributed by atoms with Gasteiger partial charge in [0.2, 0.25) is 0 Å². The highest BCUT2D eigenvalue weighted by atomic mass is 16.7. The summed E-state index contributed by atoms with van der Waals surface area (Å²) in [4.78, 5) is 33.1. The van der Waals surface area contributed by atoms with Crippen LogP contribution in [0.15, 0.2) is 17.1 Å². The molecule has 1 saturated heterocycles. The molecule has 2 rings (SSSR count). The van der Waals surface area contributed by atoms with Crippen LogP contribution < -0.4 is 11.2 Å². The molecule has 1 fully saturated rings. The summed E-state index contributed by atoms with van der Waals surface area (Å²) in [5, 5.41) is 28.9. The zero-order valence-corrected chi connectivity index (χ0v) is 15.4. The average Bonchev–Trinajstić information content (AvgIpc) is 2.94. The van der Waals surface area contributed by atoms with E-state index in [1.165, 1.54) is 12.3 Å². The van der Waals surface area contributed by atoms with E-state index in [1.807, 2.05) is 13.8 Å². The first-order chi connectivity index (χ1) is 12.9. The molecule has 4 atom stereocenters. The van der Waals surface area contributed by atoms with Crippen molar-refractivity contribution in [2.24, 2.45) is 5.92 Å². The summed E-state index contributed by atoms with van der Waals surface area (Å²) in [5.41, 5.74) is 1.60. The summed E-state index contributed by atoms with van der Waals surface area (Å²) in [6, 6.07) is 1.37. The molecule has 10 heteroatoms. The second-order valence-corrected chi connectivity index (χ2v) is 6.53. The molecule has 0 radical (unpaired) electrons. The highest BCUT2D eigenvalue weighted by Crippen LogP contribution is 2.28. The van der Waals surface area contributed by atoms with Gasteiger partial charge in [-0.1, -0.05) is 26.7 Å². The third kappa shape index (κ3) is 5.04. The monoisotopic (exact) mass is 385 g/mol. The van der Waals surface area contributed by atoms with Crippen LogP contribution in [0.1, 0.15) is 45.8 Å². The van der Waals surface area contributed by atoms with Crippen LogP contribution >= 0.6 is 0 Å². The van der Waals surface area contributed by atoms with E-state index in [-0.39, 0.29) is 11.7 Å². The van der Waals surface area contributed by atoms with E-state index in [0.717, 1.165) is 17.4 Å². The van der Waals surface area contributed by atoms with Crippen LogP contribution in [-0.4, -0.2) is 55.8 Å². The van der Waals surface area contributed by atoms with Crippen LogP contribution in [-0.2, 0) is 14.4 Å². The number of nitrogens with one attached hydrogen (secondary N) is 1. The van der Waals surface area contributed by atoms with Crippen molar-refractivity contribution in [3.8, 4) is 0 Å². The molecule has 0 unspecified atom stereocenters. The topological polar surface area (TPSA) is 143 Å². The summed E-state index contributed by atoms with van der Waals surface area (Å²) in [6.07, 6.45) is -0.430. The third-order valence-electron chi connectivity index (χ3n) is 4.49. The molecule has 1 aromatic rings. The number of anilines is 1. The van der Waals surface area contributed by atoms with Crippen molar-refractivity contribution in [2.45, 2.75) is 64.1 Å². The van der Waals surface area contributed by atoms with Crippen LogP contribution in [0.2, 0.25) is 0 Å². The van der Waals surface area contributed by atoms with Crippen molar-refractivity contribution in [3.05, 3.63) is 22.7 Å². The molecule has 1 aliphatic heterocycles. The van der Waals surface area contributed by atoms with Crippen LogP contribution in [0, 0.1) is 5.92 Å². The summed E-state index contributed by atoms with van der Waals surface area (Å²) in [7, 11) is 0. The van der Waals surface area contributed by atoms with Gasteiger partial charge in [0, 0.05) is 12.3 Å². The highest BCUT2D eigenvalue weighted by Gasteiger charge is 2.43. The Morgan fingerprint density at radius 2 is 2.00 bits per heavy atom. The van der Waals surface area contributed by atoms with Crippen molar-refractivity contribution >= 4 is 11.8 Å². The zero-order chi connectivity index (χ0) is 20.0. The van der Waals surface area contributed by atoms with Crippen LogP contribution in [0.5, 0.6) is 0 Å². The van der Waals surface area contributed by atoms with Gasteiger partial charge >= 0.3 is 11.7 Å². The summed E-state index contributed by atoms with van der Waals surface area (Å²) < 4.78 is 6.29. The molecule has 1 aliphatic rings. The molecule has 27 heavy (non-hydrogen) atoms. The number of aliphatic hydroxyl groups is 3. The number of ether oxygens (including phenoxy) is 1. The minimum atomic E-state index is -1.39. The van der Waals surface area contributed by atoms with Gasteiger partial charge in [-0.3, -0.25) is 4.57 Å². The van der Waals surface area contributed by atoms with Crippen molar-refractivity contribution in [2.75, 3.05) is 12.1 Å². The number of aliphatic hydroxyl groups excluding tert-OH is 3. The fraction of sp³-hybridized carbons (Fsp3) is 0.706. The predicted octanol–water partition coefficient (Wildman–Crippen LogP) is -0.0587. The number of hydrogen-bond acceptors (Lipinski definition) is 9. The standard InChI is InChI=1S/C17H27N3O7/c1-3-5-10(6-4-2)16(24)27-19-12-7-8-20(17(25)18-12)15-14(23)13(22)11(9-21)26-15/h7-8,10-11,13-15,21-23H,3-6,9H2,1-2H3,(H,18,19,25)/t11-,13-,14-,15-/m1/s1. The first kappa shape index (κ1) is 21.3. The SMILES string of the molecule is CCCC(CCC)C(=O)ONc1ccn([C@@H]2O[C@H](CO)[C@@H](O)[C@H]2O)c(=O)n1. The lowest BCUT2D eigenvalue weighted by Crippen LogP contribution is -2.36. The third-order valence-corrected chi connectivity index (χ3v) is 4.49. The zero-order valence-electron chi connectivity index (χ0n) is 15.4. The van der Waals surface area contributed by atoms with Gasteiger partial charge in [-0.2, -0.15) is 4.98 Å². The molecule has 0 bridgehead atoms. The van der Waals surface area contributed by atoms with Crippen LogP contribution in [0.4, 0.5) is 5.82 Å². The second-order valence-electron chi connectivity index (χ2n) is 6.53. The van der Waals surface area contributed by atoms with Gasteiger partial charge in [-0.15, -0.1) is 0 Å². The minimum Gasteiger partial charge on any atom is -0.394 e. The van der Waals surface area contributed by atoms with Gasteiger partial charge in [0.1, 0.15) is 18.3 Å². The van der Waals surface area contributed by atoms with E-state index >= 15 is 0 Å². The Morgan fingerprint density at radius 1 is 1.33 bits per heavy atom. The first-order valence-electron chi connectivity index (χ1n) is 9.11. The van der Waals surface area contributed by atoms with E-state index in [1.54, 1.807) is 0 Å². The van der Waals surface area contributed by atoms with Crippen molar-refractivity contribution in [3.63, 3.8) is 0 Å². The molecule has 0 saturated carbocycles. The summed E-state index contributed by atoms with van der Waals surface area (Å²) in [6.45, 7) is 3.48. The number of rotatable bonds is 9. The van der Waals surface area contributed by atoms with Gasteiger partial charge in [0.05, 0.1) is 12.5 Å². The quantitative estimate of drug-likeness (QED) is 0.430. The van der Waals surface area contributed by atoms with Crippen molar-refractivity contribution < 1.29 is 29.7 Å². The maximum Gasteiger partial charge on any atom is 0.351 e. The number of carbonyl (C=O) groups excluding carboxylic acids is 1. The fourth-order valence-corrected chi connectivity index (χ4v) is 3.04. The lowest BCUT2D eigenvalue weighted by atomic mass is 9.99.